The van der Waals surface area contributed by atoms with E-state index in [4.69, 9.17) is 5.73 Å². The topological polar surface area (TPSA) is 59.2 Å². The predicted octanol–water partition coefficient (Wildman–Crippen LogP) is 2.91. The van der Waals surface area contributed by atoms with E-state index in [1.54, 1.807) is 6.20 Å². The second-order valence-electron chi connectivity index (χ2n) is 7.69. The lowest BCUT2D eigenvalue weighted by Crippen LogP contribution is -2.56. The van der Waals surface area contributed by atoms with Crippen LogP contribution in [0.1, 0.15) is 37.8 Å². The molecule has 4 nitrogen and oxygen atoms in total. The van der Waals surface area contributed by atoms with Gasteiger partial charge in [-0.25, -0.2) is 0 Å². The van der Waals surface area contributed by atoms with Gasteiger partial charge in [-0.3, -0.25) is 9.78 Å². The predicted molar refractivity (Wildman–Crippen MR) is 93.2 cm³/mol. The first-order valence-electron chi connectivity index (χ1n) is 8.56. The largest absolute Gasteiger partial charge is 0.397 e. The van der Waals surface area contributed by atoms with Crippen LogP contribution in [0.15, 0.2) is 18.3 Å². The van der Waals surface area contributed by atoms with Gasteiger partial charge in [0.2, 0.25) is 5.91 Å². The van der Waals surface area contributed by atoms with Crippen LogP contribution in [0.25, 0.3) is 0 Å². The molecular formula is C18H26ClN3O. The summed E-state index contributed by atoms with van der Waals surface area (Å²) >= 11 is 0. The maximum Gasteiger partial charge on any atom is 0.228 e. The van der Waals surface area contributed by atoms with Crippen LogP contribution in [0.2, 0.25) is 0 Å². The van der Waals surface area contributed by atoms with Gasteiger partial charge >= 0.3 is 0 Å². The van der Waals surface area contributed by atoms with Crippen LogP contribution >= 0.6 is 12.4 Å². The van der Waals surface area contributed by atoms with Crippen molar-refractivity contribution < 1.29 is 4.79 Å². The quantitative estimate of drug-likeness (QED) is 0.924. The fraction of sp³-hybridized carbons (Fsp3) is 0.667. The van der Waals surface area contributed by atoms with E-state index in [1.165, 1.54) is 32.1 Å². The number of carbonyl (C=O) groups excluding carboxylic acids is 1. The van der Waals surface area contributed by atoms with Crippen molar-refractivity contribution in [2.75, 3.05) is 12.8 Å². The summed E-state index contributed by atoms with van der Waals surface area (Å²) in [5.41, 5.74) is 7.11. The van der Waals surface area contributed by atoms with E-state index >= 15 is 0 Å². The maximum atomic E-state index is 12.7. The molecule has 23 heavy (non-hydrogen) atoms. The molecule has 0 aromatic carbocycles. The molecule has 0 unspecified atom stereocenters. The molecule has 2 N–H and O–H groups in total. The van der Waals surface area contributed by atoms with Crippen LogP contribution in [-0.2, 0) is 11.2 Å². The molecule has 5 heteroatoms. The highest BCUT2D eigenvalue weighted by atomic mass is 35.5. The minimum absolute atomic E-state index is 0. The Bertz CT molecular complexity index is 546. The van der Waals surface area contributed by atoms with Crippen LogP contribution in [0.5, 0.6) is 0 Å². The van der Waals surface area contributed by atoms with Gasteiger partial charge < -0.3 is 10.6 Å². The fourth-order valence-electron chi connectivity index (χ4n) is 5.52. The number of nitrogens with zero attached hydrogens (tertiary/aromatic N) is 2. The molecule has 0 spiro atoms. The van der Waals surface area contributed by atoms with E-state index < -0.39 is 0 Å². The molecule has 0 atom stereocenters. The van der Waals surface area contributed by atoms with Gasteiger partial charge in [-0.2, -0.15) is 0 Å². The molecule has 0 aliphatic heterocycles. The first kappa shape index (κ1) is 16.6. The second-order valence-corrected chi connectivity index (χ2v) is 7.69. The number of hydrogen-bond acceptors (Lipinski definition) is 3. The van der Waals surface area contributed by atoms with Crippen molar-refractivity contribution in [2.24, 2.45) is 23.7 Å². The van der Waals surface area contributed by atoms with Gasteiger partial charge in [0.25, 0.3) is 0 Å². The molecule has 0 saturated heterocycles. The Hall–Kier alpha value is -1.29. The molecular weight excluding hydrogens is 310 g/mol. The van der Waals surface area contributed by atoms with Crippen LogP contribution < -0.4 is 5.73 Å². The minimum Gasteiger partial charge on any atom is -0.397 e. The van der Waals surface area contributed by atoms with E-state index in [9.17, 15) is 4.79 Å². The Balaban J connectivity index is 0.00000156. The standard InChI is InChI=1S/C18H25N3O.ClH/c1-21(17(22)9-16-3-2-15(19)10-20-16)18-13-5-11-4-12(7-13)8-14(18)6-11;/h2-3,10-14,18H,4-9,19H2,1H3;1H. The molecule has 0 radical (unpaired) electrons. The SMILES string of the molecule is CN(C(=O)Cc1ccc(N)cn1)C1C2CC3CC(C2)CC1C3.Cl. The van der Waals surface area contributed by atoms with E-state index in [1.807, 2.05) is 24.1 Å². The third kappa shape index (κ3) is 3.06. The Morgan fingerprint density at radius 2 is 1.78 bits per heavy atom. The van der Waals surface area contributed by atoms with Crippen molar-refractivity contribution in [3.8, 4) is 0 Å². The van der Waals surface area contributed by atoms with Crippen LogP contribution in [-0.4, -0.2) is 28.9 Å². The number of anilines is 1. The lowest BCUT2D eigenvalue weighted by Gasteiger charge is -2.56. The average Bonchev–Trinajstić information content (AvgIpc) is 2.48. The van der Waals surface area contributed by atoms with Crippen LogP contribution in [0, 0.1) is 23.7 Å². The molecule has 1 aromatic heterocycles. The number of hydrogen-bond donors (Lipinski definition) is 1. The van der Waals surface area contributed by atoms with Gasteiger partial charge in [0.15, 0.2) is 0 Å². The lowest BCUT2D eigenvalue weighted by molar-refractivity contribution is -0.140. The van der Waals surface area contributed by atoms with Crippen LogP contribution in [0.3, 0.4) is 0 Å². The highest BCUT2D eigenvalue weighted by Crippen LogP contribution is 2.54. The number of halogens is 1. The number of nitrogens with two attached hydrogens (primary N) is 1. The zero-order valence-electron chi connectivity index (χ0n) is 13.6. The third-order valence-corrected chi connectivity index (χ3v) is 6.20. The fourth-order valence-corrected chi connectivity index (χ4v) is 5.52. The Labute approximate surface area is 144 Å². The minimum atomic E-state index is 0. The molecule has 1 aromatic rings. The molecule has 4 aliphatic rings. The summed E-state index contributed by atoms with van der Waals surface area (Å²) in [5.74, 6) is 3.57. The van der Waals surface area contributed by atoms with E-state index in [0.29, 0.717) is 18.2 Å². The number of likely N-dealkylation sites (N-methyl/N-ethyl adjacent to an activating group) is 1. The maximum absolute atomic E-state index is 12.7. The van der Waals surface area contributed by atoms with E-state index in [2.05, 4.69) is 4.98 Å². The zero-order valence-corrected chi connectivity index (χ0v) is 14.5. The van der Waals surface area contributed by atoms with Gasteiger partial charge in [0.05, 0.1) is 18.3 Å². The average molecular weight is 336 g/mol. The normalized spacial score (nSPS) is 34.0. The van der Waals surface area contributed by atoms with Crippen molar-refractivity contribution >= 4 is 24.0 Å². The van der Waals surface area contributed by atoms with E-state index in [0.717, 1.165) is 29.4 Å². The summed E-state index contributed by atoms with van der Waals surface area (Å²) in [6.45, 7) is 0. The van der Waals surface area contributed by atoms with Gasteiger partial charge in [0.1, 0.15) is 0 Å². The van der Waals surface area contributed by atoms with Crippen molar-refractivity contribution in [2.45, 2.75) is 44.6 Å². The highest BCUT2D eigenvalue weighted by Gasteiger charge is 2.50. The molecule has 4 aliphatic carbocycles. The van der Waals surface area contributed by atoms with Crippen molar-refractivity contribution in [1.29, 1.82) is 0 Å². The third-order valence-electron chi connectivity index (χ3n) is 6.20. The second kappa shape index (κ2) is 6.31. The van der Waals surface area contributed by atoms with Gasteiger partial charge in [-0.05, 0) is 67.9 Å². The van der Waals surface area contributed by atoms with E-state index in [-0.39, 0.29) is 18.3 Å². The summed E-state index contributed by atoms with van der Waals surface area (Å²) in [5, 5.41) is 0. The molecule has 4 bridgehead atoms. The smallest absolute Gasteiger partial charge is 0.228 e. The number of aromatic nitrogens is 1. The summed E-state index contributed by atoms with van der Waals surface area (Å²) < 4.78 is 0. The molecule has 126 valence electrons. The number of nitrogen functional groups attached to an aromatic ring is 1. The number of carbonyl (C=O) groups is 1. The van der Waals surface area contributed by atoms with Crippen molar-refractivity contribution in [1.82, 2.24) is 9.88 Å². The monoisotopic (exact) mass is 335 g/mol. The number of amides is 1. The first-order valence-corrected chi connectivity index (χ1v) is 8.56. The van der Waals surface area contributed by atoms with Crippen molar-refractivity contribution in [3.63, 3.8) is 0 Å². The Morgan fingerprint density at radius 3 is 2.30 bits per heavy atom. The first-order chi connectivity index (χ1) is 10.6. The summed E-state index contributed by atoms with van der Waals surface area (Å²) in [6.07, 6.45) is 8.84. The number of pyridine rings is 1. The molecule has 4 fully saturated rings. The summed E-state index contributed by atoms with van der Waals surface area (Å²) in [4.78, 5) is 19.0. The van der Waals surface area contributed by atoms with Gasteiger partial charge in [-0.15, -0.1) is 12.4 Å². The lowest BCUT2D eigenvalue weighted by atomic mass is 9.54. The van der Waals surface area contributed by atoms with Gasteiger partial charge in [-0.1, -0.05) is 0 Å². The molecule has 1 amide bonds. The van der Waals surface area contributed by atoms with Crippen molar-refractivity contribution in [3.05, 3.63) is 24.0 Å². The summed E-state index contributed by atoms with van der Waals surface area (Å²) in [6, 6.07) is 4.14. The number of rotatable bonds is 3. The molecule has 5 rings (SSSR count). The Kier molecular flexibility index (Phi) is 4.54. The molecule has 4 saturated carbocycles. The molecule has 1 heterocycles. The highest BCUT2D eigenvalue weighted by molar-refractivity contribution is 5.85. The van der Waals surface area contributed by atoms with Crippen LogP contribution in [0.4, 0.5) is 5.69 Å². The summed E-state index contributed by atoms with van der Waals surface area (Å²) in [7, 11) is 2.01. The zero-order chi connectivity index (χ0) is 15.3. The van der Waals surface area contributed by atoms with Gasteiger partial charge in [0, 0.05) is 18.8 Å². The Morgan fingerprint density at radius 1 is 1.17 bits per heavy atom.